The number of sulfone groups is 1. The molecule has 0 aliphatic carbocycles. The maximum atomic E-state index is 12.3. The SMILES string of the molecule is CN(C(=O)COc1ccc2ccccc2c1Br)C1CCS(=O)(=O)C1. The molecular formula is C17H18BrNO4S. The van der Waals surface area contributed by atoms with Crippen molar-refractivity contribution >= 4 is 42.4 Å². The number of halogens is 1. The number of carbonyl (C=O) groups is 1. The minimum atomic E-state index is -3.01. The smallest absolute Gasteiger partial charge is 0.260 e. The van der Waals surface area contributed by atoms with Gasteiger partial charge >= 0.3 is 0 Å². The summed E-state index contributed by atoms with van der Waals surface area (Å²) < 4.78 is 29.5. The molecule has 1 aliphatic rings. The van der Waals surface area contributed by atoms with Crippen molar-refractivity contribution in [2.75, 3.05) is 25.2 Å². The highest BCUT2D eigenvalue weighted by Gasteiger charge is 2.32. The van der Waals surface area contributed by atoms with Crippen LogP contribution in [0, 0.1) is 0 Å². The van der Waals surface area contributed by atoms with Crippen molar-refractivity contribution in [2.24, 2.45) is 0 Å². The van der Waals surface area contributed by atoms with Crippen LogP contribution in [0.3, 0.4) is 0 Å². The predicted molar refractivity (Wildman–Crippen MR) is 97.0 cm³/mol. The Balaban J connectivity index is 1.67. The number of rotatable bonds is 4. The Hall–Kier alpha value is -1.60. The second-order valence-corrected chi connectivity index (χ2v) is 8.97. The minimum absolute atomic E-state index is 0.0366. The van der Waals surface area contributed by atoms with Gasteiger partial charge in [0.25, 0.3) is 5.91 Å². The van der Waals surface area contributed by atoms with E-state index in [2.05, 4.69) is 15.9 Å². The fraction of sp³-hybridized carbons (Fsp3) is 0.353. The first-order valence-electron chi connectivity index (χ1n) is 7.63. The minimum Gasteiger partial charge on any atom is -0.483 e. The number of carbonyl (C=O) groups excluding carboxylic acids is 1. The zero-order valence-electron chi connectivity index (χ0n) is 13.2. The van der Waals surface area contributed by atoms with E-state index in [-0.39, 0.29) is 30.1 Å². The lowest BCUT2D eigenvalue weighted by molar-refractivity contribution is -0.133. The molecular weight excluding hydrogens is 394 g/mol. The lowest BCUT2D eigenvalue weighted by Gasteiger charge is -2.23. The molecule has 0 spiro atoms. The zero-order valence-corrected chi connectivity index (χ0v) is 15.6. The summed E-state index contributed by atoms with van der Waals surface area (Å²) in [5, 5.41) is 2.09. The number of ether oxygens (including phenoxy) is 1. The zero-order chi connectivity index (χ0) is 17.3. The second-order valence-electron chi connectivity index (χ2n) is 5.95. The summed E-state index contributed by atoms with van der Waals surface area (Å²) in [5.74, 6) is 0.549. The highest BCUT2D eigenvalue weighted by molar-refractivity contribution is 9.10. The van der Waals surface area contributed by atoms with Crippen molar-refractivity contribution in [1.29, 1.82) is 0 Å². The van der Waals surface area contributed by atoms with Crippen LogP contribution in [0.4, 0.5) is 0 Å². The molecule has 128 valence electrons. The maximum Gasteiger partial charge on any atom is 0.260 e. The van der Waals surface area contributed by atoms with Gasteiger partial charge in [-0.1, -0.05) is 30.3 Å². The van der Waals surface area contributed by atoms with Crippen LogP contribution in [0.15, 0.2) is 40.9 Å². The van der Waals surface area contributed by atoms with Crippen LogP contribution in [0.1, 0.15) is 6.42 Å². The maximum absolute atomic E-state index is 12.3. The molecule has 3 rings (SSSR count). The molecule has 0 saturated carbocycles. The van der Waals surface area contributed by atoms with Crippen LogP contribution in [0.5, 0.6) is 5.75 Å². The molecule has 0 N–H and O–H groups in total. The largest absolute Gasteiger partial charge is 0.483 e. The Morgan fingerprint density at radius 2 is 2.04 bits per heavy atom. The van der Waals surface area contributed by atoms with E-state index in [1.165, 1.54) is 4.90 Å². The molecule has 0 aromatic heterocycles. The Morgan fingerprint density at radius 1 is 1.29 bits per heavy atom. The monoisotopic (exact) mass is 411 g/mol. The molecule has 7 heteroatoms. The predicted octanol–water partition coefficient (Wildman–Crippen LogP) is 2.63. The molecule has 1 saturated heterocycles. The van der Waals surface area contributed by atoms with Crippen LogP contribution in [0.2, 0.25) is 0 Å². The first-order chi connectivity index (χ1) is 11.4. The highest BCUT2D eigenvalue weighted by atomic mass is 79.9. The average molecular weight is 412 g/mol. The standard InChI is InChI=1S/C17H18BrNO4S/c1-19(13-8-9-24(21,22)11-13)16(20)10-23-15-7-6-12-4-2-3-5-14(12)17(15)18/h2-7,13H,8-11H2,1H3. The van der Waals surface area contributed by atoms with Crippen LogP contribution in [-0.4, -0.2) is 50.4 Å². The summed E-state index contributed by atoms with van der Waals surface area (Å²) in [6, 6.07) is 11.4. The van der Waals surface area contributed by atoms with Crippen LogP contribution < -0.4 is 4.74 Å². The molecule has 2 aromatic rings. The van der Waals surface area contributed by atoms with Crippen LogP contribution in [-0.2, 0) is 14.6 Å². The summed E-state index contributed by atoms with van der Waals surface area (Å²) >= 11 is 3.52. The molecule has 1 amide bonds. The first kappa shape index (κ1) is 17.2. The van der Waals surface area contributed by atoms with Crippen molar-refractivity contribution in [1.82, 2.24) is 4.90 Å². The molecule has 1 aliphatic heterocycles. The normalized spacial score (nSPS) is 19.3. The van der Waals surface area contributed by atoms with E-state index >= 15 is 0 Å². The van der Waals surface area contributed by atoms with E-state index in [0.717, 1.165) is 15.2 Å². The summed E-state index contributed by atoms with van der Waals surface area (Å²) in [6.45, 7) is -0.121. The Labute approximate surface area is 149 Å². The van der Waals surface area contributed by atoms with E-state index < -0.39 is 9.84 Å². The molecule has 1 heterocycles. The van der Waals surface area contributed by atoms with E-state index in [9.17, 15) is 13.2 Å². The lowest BCUT2D eigenvalue weighted by atomic mass is 10.1. The second kappa shape index (κ2) is 6.72. The fourth-order valence-electron chi connectivity index (χ4n) is 2.85. The molecule has 5 nitrogen and oxygen atoms in total. The van der Waals surface area contributed by atoms with Gasteiger partial charge in [-0.05, 0) is 39.2 Å². The van der Waals surface area contributed by atoms with Gasteiger partial charge in [0.1, 0.15) is 5.75 Å². The van der Waals surface area contributed by atoms with Crippen LogP contribution in [0.25, 0.3) is 10.8 Å². The van der Waals surface area contributed by atoms with E-state index in [4.69, 9.17) is 4.74 Å². The molecule has 0 radical (unpaired) electrons. The fourth-order valence-corrected chi connectivity index (χ4v) is 5.23. The van der Waals surface area contributed by atoms with Gasteiger partial charge in [0.2, 0.25) is 0 Å². The number of hydrogen-bond acceptors (Lipinski definition) is 4. The van der Waals surface area contributed by atoms with Crippen molar-refractivity contribution < 1.29 is 17.9 Å². The number of benzene rings is 2. The van der Waals surface area contributed by atoms with Gasteiger partial charge in [0, 0.05) is 13.1 Å². The molecule has 1 atom stereocenters. The number of amides is 1. The Morgan fingerprint density at radius 3 is 2.75 bits per heavy atom. The highest BCUT2D eigenvalue weighted by Crippen LogP contribution is 2.33. The van der Waals surface area contributed by atoms with Crippen molar-refractivity contribution in [2.45, 2.75) is 12.5 Å². The summed E-state index contributed by atoms with van der Waals surface area (Å²) in [7, 11) is -1.38. The number of fused-ring (bicyclic) bond motifs is 1. The number of nitrogens with zero attached hydrogens (tertiary/aromatic N) is 1. The van der Waals surface area contributed by atoms with Gasteiger partial charge in [-0.25, -0.2) is 8.42 Å². The molecule has 24 heavy (non-hydrogen) atoms. The van der Waals surface area contributed by atoms with Gasteiger partial charge in [-0.2, -0.15) is 0 Å². The lowest BCUT2D eigenvalue weighted by Crippen LogP contribution is -2.40. The van der Waals surface area contributed by atoms with E-state index in [0.29, 0.717) is 12.2 Å². The topological polar surface area (TPSA) is 63.7 Å². The van der Waals surface area contributed by atoms with Crippen molar-refractivity contribution in [3.05, 3.63) is 40.9 Å². The van der Waals surface area contributed by atoms with Gasteiger partial charge in [0.05, 0.1) is 16.0 Å². The number of likely N-dealkylation sites (N-methyl/N-ethyl adjacent to an activating group) is 1. The molecule has 1 fully saturated rings. The molecule has 2 aromatic carbocycles. The molecule has 1 unspecified atom stereocenters. The summed E-state index contributed by atoms with van der Waals surface area (Å²) in [5.41, 5.74) is 0. The first-order valence-corrected chi connectivity index (χ1v) is 10.2. The van der Waals surface area contributed by atoms with E-state index in [1.54, 1.807) is 7.05 Å². The van der Waals surface area contributed by atoms with Gasteiger partial charge in [-0.15, -0.1) is 0 Å². The Kier molecular flexibility index (Phi) is 4.83. The summed E-state index contributed by atoms with van der Waals surface area (Å²) in [4.78, 5) is 13.8. The van der Waals surface area contributed by atoms with Gasteiger partial charge in [0.15, 0.2) is 16.4 Å². The van der Waals surface area contributed by atoms with Crippen molar-refractivity contribution in [3.8, 4) is 5.75 Å². The molecule has 0 bridgehead atoms. The third-order valence-electron chi connectivity index (χ3n) is 4.33. The van der Waals surface area contributed by atoms with Gasteiger partial charge < -0.3 is 9.64 Å². The average Bonchev–Trinajstić information content (AvgIpc) is 2.93. The number of hydrogen-bond donors (Lipinski definition) is 0. The van der Waals surface area contributed by atoms with Crippen molar-refractivity contribution in [3.63, 3.8) is 0 Å². The van der Waals surface area contributed by atoms with E-state index in [1.807, 2.05) is 36.4 Å². The van der Waals surface area contributed by atoms with Gasteiger partial charge in [-0.3, -0.25) is 4.79 Å². The van der Waals surface area contributed by atoms with Crippen LogP contribution >= 0.6 is 15.9 Å². The quantitative estimate of drug-likeness (QED) is 0.775. The third kappa shape index (κ3) is 3.57. The Bertz CT molecular complexity index is 881. The summed E-state index contributed by atoms with van der Waals surface area (Å²) in [6.07, 6.45) is 0.490. The third-order valence-corrected chi connectivity index (χ3v) is 6.90.